The Labute approximate surface area is 129 Å². The standard InChI is InChI=1S/C20H27N/c1-15-6-10-18(11-7-15)20(5,21)14-16-8-12-17(13-9-16)19(2,3)4/h6-13H,14,21H2,1-5H3. The molecule has 0 heterocycles. The van der Waals surface area contributed by atoms with E-state index in [1.807, 2.05) is 0 Å². The Morgan fingerprint density at radius 1 is 0.762 bits per heavy atom. The maximum absolute atomic E-state index is 6.54. The lowest BCUT2D eigenvalue weighted by Gasteiger charge is -2.26. The van der Waals surface area contributed by atoms with Gasteiger partial charge in [0.2, 0.25) is 0 Å². The Morgan fingerprint density at radius 3 is 1.71 bits per heavy atom. The van der Waals surface area contributed by atoms with Crippen molar-refractivity contribution in [2.24, 2.45) is 5.73 Å². The van der Waals surface area contributed by atoms with Crippen molar-refractivity contribution < 1.29 is 0 Å². The lowest BCUT2D eigenvalue weighted by Crippen LogP contribution is -2.35. The third kappa shape index (κ3) is 3.95. The van der Waals surface area contributed by atoms with Crippen molar-refractivity contribution in [1.29, 1.82) is 0 Å². The minimum absolute atomic E-state index is 0.196. The molecule has 2 aromatic rings. The summed E-state index contributed by atoms with van der Waals surface area (Å²) in [5, 5.41) is 0. The lowest BCUT2D eigenvalue weighted by molar-refractivity contribution is 0.491. The largest absolute Gasteiger partial charge is 0.321 e. The van der Waals surface area contributed by atoms with Crippen LogP contribution in [0.1, 0.15) is 49.9 Å². The second-order valence-electron chi connectivity index (χ2n) is 7.41. The van der Waals surface area contributed by atoms with Crippen molar-refractivity contribution in [3.8, 4) is 0 Å². The van der Waals surface area contributed by atoms with Crippen LogP contribution in [0.2, 0.25) is 0 Å². The maximum Gasteiger partial charge on any atom is 0.0421 e. The van der Waals surface area contributed by atoms with Crippen molar-refractivity contribution in [2.75, 3.05) is 0 Å². The van der Waals surface area contributed by atoms with Crippen LogP contribution in [-0.2, 0) is 17.4 Å². The summed E-state index contributed by atoms with van der Waals surface area (Å²) in [6.45, 7) is 10.9. The van der Waals surface area contributed by atoms with Gasteiger partial charge in [-0.2, -0.15) is 0 Å². The number of hydrogen-bond acceptors (Lipinski definition) is 1. The highest BCUT2D eigenvalue weighted by Gasteiger charge is 2.22. The highest BCUT2D eigenvalue weighted by molar-refractivity contribution is 5.32. The summed E-state index contributed by atoms with van der Waals surface area (Å²) >= 11 is 0. The van der Waals surface area contributed by atoms with E-state index in [2.05, 4.69) is 83.1 Å². The Morgan fingerprint density at radius 2 is 1.24 bits per heavy atom. The van der Waals surface area contributed by atoms with Crippen LogP contribution in [0.5, 0.6) is 0 Å². The third-order valence-electron chi connectivity index (χ3n) is 4.10. The summed E-state index contributed by atoms with van der Waals surface area (Å²) in [5.74, 6) is 0. The maximum atomic E-state index is 6.54. The van der Waals surface area contributed by atoms with Crippen molar-refractivity contribution >= 4 is 0 Å². The number of benzene rings is 2. The fraction of sp³-hybridized carbons (Fsp3) is 0.400. The summed E-state index contributed by atoms with van der Waals surface area (Å²) in [4.78, 5) is 0. The van der Waals surface area contributed by atoms with Gasteiger partial charge in [-0.3, -0.25) is 0 Å². The van der Waals surface area contributed by atoms with Crippen LogP contribution in [0.4, 0.5) is 0 Å². The van der Waals surface area contributed by atoms with Gasteiger partial charge in [-0.05, 0) is 42.4 Å². The van der Waals surface area contributed by atoms with Gasteiger partial charge >= 0.3 is 0 Å². The van der Waals surface area contributed by atoms with Crippen LogP contribution in [-0.4, -0.2) is 0 Å². The first kappa shape index (κ1) is 15.8. The van der Waals surface area contributed by atoms with Crippen LogP contribution in [0, 0.1) is 6.92 Å². The minimum atomic E-state index is -0.336. The van der Waals surface area contributed by atoms with Gasteiger partial charge in [-0.25, -0.2) is 0 Å². The van der Waals surface area contributed by atoms with Gasteiger partial charge in [-0.1, -0.05) is 74.9 Å². The number of rotatable bonds is 3. The van der Waals surface area contributed by atoms with Gasteiger partial charge in [0.15, 0.2) is 0 Å². The smallest absolute Gasteiger partial charge is 0.0421 e. The summed E-state index contributed by atoms with van der Waals surface area (Å²) in [6.07, 6.45) is 0.848. The molecule has 1 heteroatoms. The zero-order valence-corrected chi connectivity index (χ0v) is 13.9. The highest BCUT2D eigenvalue weighted by Crippen LogP contribution is 2.26. The van der Waals surface area contributed by atoms with Crippen molar-refractivity contribution in [3.05, 3.63) is 70.8 Å². The first-order chi connectivity index (χ1) is 9.68. The highest BCUT2D eigenvalue weighted by atomic mass is 14.7. The van der Waals surface area contributed by atoms with Gasteiger partial charge in [0.05, 0.1) is 0 Å². The summed E-state index contributed by atoms with van der Waals surface area (Å²) in [6, 6.07) is 17.4. The van der Waals surface area contributed by atoms with Crippen molar-refractivity contribution in [2.45, 2.75) is 52.0 Å². The topological polar surface area (TPSA) is 26.0 Å². The molecule has 21 heavy (non-hydrogen) atoms. The van der Waals surface area contributed by atoms with E-state index in [0.29, 0.717) is 0 Å². The molecule has 2 N–H and O–H groups in total. The van der Waals surface area contributed by atoms with E-state index in [1.54, 1.807) is 0 Å². The normalized spacial score (nSPS) is 14.8. The zero-order chi connectivity index (χ0) is 15.7. The van der Waals surface area contributed by atoms with Gasteiger partial charge in [0.25, 0.3) is 0 Å². The first-order valence-corrected chi connectivity index (χ1v) is 7.64. The Hall–Kier alpha value is -1.60. The number of nitrogens with two attached hydrogens (primary N) is 1. The third-order valence-corrected chi connectivity index (χ3v) is 4.10. The van der Waals surface area contributed by atoms with Crippen LogP contribution in [0.15, 0.2) is 48.5 Å². The molecule has 0 saturated carbocycles. The molecule has 1 unspecified atom stereocenters. The Bertz CT molecular complexity index is 583. The molecule has 0 radical (unpaired) electrons. The fourth-order valence-corrected chi connectivity index (χ4v) is 2.58. The van der Waals surface area contributed by atoms with Crippen molar-refractivity contribution in [1.82, 2.24) is 0 Å². The molecule has 2 rings (SSSR count). The van der Waals surface area contributed by atoms with Gasteiger partial charge in [-0.15, -0.1) is 0 Å². The molecule has 0 aliphatic carbocycles. The predicted octanol–water partition coefficient (Wildman–Crippen LogP) is 4.71. The van der Waals surface area contributed by atoms with E-state index >= 15 is 0 Å². The van der Waals surface area contributed by atoms with E-state index in [4.69, 9.17) is 5.73 Å². The number of aryl methyl sites for hydroxylation is 1. The van der Waals surface area contributed by atoms with Crippen molar-refractivity contribution in [3.63, 3.8) is 0 Å². The minimum Gasteiger partial charge on any atom is -0.321 e. The van der Waals surface area contributed by atoms with E-state index in [1.165, 1.54) is 22.3 Å². The van der Waals surface area contributed by atoms with E-state index in [0.717, 1.165) is 6.42 Å². The lowest BCUT2D eigenvalue weighted by atomic mass is 9.83. The molecular weight excluding hydrogens is 254 g/mol. The van der Waals surface area contributed by atoms with Crippen LogP contribution in [0.3, 0.4) is 0 Å². The molecule has 0 aromatic heterocycles. The average Bonchev–Trinajstić information content (AvgIpc) is 2.38. The molecule has 0 spiro atoms. The SMILES string of the molecule is Cc1ccc(C(C)(N)Cc2ccc(C(C)(C)C)cc2)cc1. The molecule has 0 aliphatic rings. The van der Waals surface area contributed by atoms with Gasteiger partial charge in [0.1, 0.15) is 0 Å². The summed E-state index contributed by atoms with van der Waals surface area (Å²) in [7, 11) is 0. The van der Waals surface area contributed by atoms with Crippen LogP contribution >= 0.6 is 0 Å². The molecule has 0 amide bonds. The monoisotopic (exact) mass is 281 g/mol. The Kier molecular flexibility index (Phi) is 4.25. The van der Waals surface area contributed by atoms with E-state index in [-0.39, 0.29) is 11.0 Å². The molecule has 0 fully saturated rings. The summed E-state index contributed by atoms with van der Waals surface area (Å²) < 4.78 is 0. The fourth-order valence-electron chi connectivity index (χ4n) is 2.58. The molecule has 1 atom stereocenters. The average molecular weight is 281 g/mol. The second kappa shape index (κ2) is 5.65. The predicted molar refractivity (Wildman–Crippen MR) is 91.6 cm³/mol. The van der Waals surface area contributed by atoms with Gasteiger partial charge < -0.3 is 5.73 Å². The molecule has 1 nitrogen and oxygen atoms in total. The first-order valence-electron chi connectivity index (χ1n) is 7.64. The molecule has 0 aliphatic heterocycles. The van der Waals surface area contributed by atoms with Gasteiger partial charge in [0, 0.05) is 5.54 Å². The van der Waals surface area contributed by atoms with E-state index in [9.17, 15) is 0 Å². The quantitative estimate of drug-likeness (QED) is 0.866. The molecule has 0 saturated heterocycles. The van der Waals surface area contributed by atoms with Crippen LogP contribution in [0.25, 0.3) is 0 Å². The molecular formula is C20H27N. The Balaban J connectivity index is 2.18. The summed E-state index contributed by atoms with van der Waals surface area (Å²) in [5.41, 5.74) is 11.5. The molecule has 112 valence electrons. The van der Waals surface area contributed by atoms with Crippen LogP contribution < -0.4 is 5.73 Å². The molecule has 0 bridgehead atoms. The molecule has 2 aromatic carbocycles. The zero-order valence-electron chi connectivity index (χ0n) is 13.9. The number of hydrogen-bond donors (Lipinski definition) is 1. The van der Waals surface area contributed by atoms with E-state index < -0.39 is 0 Å². The second-order valence-corrected chi connectivity index (χ2v) is 7.41.